The maximum Gasteiger partial charge on any atom is 0.513 e. The number of hydrogen-bond donors (Lipinski definition) is 2. The van der Waals surface area contributed by atoms with Crippen LogP contribution in [0.25, 0.3) is 0 Å². The van der Waals surface area contributed by atoms with Crippen LogP contribution in [0.2, 0.25) is 0 Å². The number of halogens is 1. The molecule has 23 heavy (non-hydrogen) atoms. The van der Waals surface area contributed by atoms with Crippen molar-refractivity contribution in [2.24, 2.45) is 0 Å². The SMILES string of the molecule is CC(C)c1cccc(C(C)C)c1OC(=O)OC[C@H](NCl)C(=O)O. The summed E-state index contributed by atoms with van der Waals surface area (Å²) in [6.07, 6.45) is -0.960. The van der Waals surface area contributed by atoms with E-state index in [1.807, 2.05) is 50.7 Å². The predicted molar refractivity (Wildman–Crippen MR) is 87.0 cm³/mol. The van der Waals surface area contributed by atoms with Crippen molar-refractivity contribution in [3.05, 3.63) is 29.3 Å². The zero-order valence-electron chi connectivity index (χ0n) is 13.6. The number of carbonyl (C=O) groups excluding carboxylic acids is 1. The van der Waals surface area contributed by atoms with E-state index < -0.39 is 24.8 Å². The van der Waals surface area contributed by atoms with E-state index in [4.69, 9.17) is 26.4 Å². The normalized spacial score (nSPS) is 12.3. The Balaban J connectivity index is 2.90. The molecule has 0 amide bonds. The number of carbonyl (C=O) groups is 2. The van der Waals surface area contributed by atoms with E-state index in [2.05, 4.69) is 0 Å². The minimum absolute atomic E-state index is 0.160. The highest BCUT2D eigenvalue weighted by atomic mass is 35.5. The zero-order chi connectivity index (χ0) is 17.6. The van der Waals surface area contributed by atoms with Crippen LogP contribution in [-0.4, -0.2) is 29.9 Å². The number of aliphatic carboxylic acids is 1. The van der Waals surface area contributed by atoms with Crippen molar-refractivity contribution in [3.8, 4) is 5.75 Å². The molecule has 0 aliphatic carbocycles. The van der Waals surface area contributed by atoms with E-state index in [0.717, 1.165) is 11.1 Å². The first kappa shape index (κ1) is 19.3. The molecule has 0 bridgehead atoms. The molecular formula is C16H22ClNO5. The Hall–Kier alpha value is -1.79. The maximum atomic E-state index is 11.9. The first-order valence-electron chi connectivity index (χ1n) is 7.34. The Morgan fingerprint density at radius 3 is 2.09 bits per heavy atom. The van der Waals surface area contributed by atoms with Gasteiger partial charge >= 0.3 is 12.1 Å². The van der Waals surface area contributed by atoms with Gasteiger partial charge in [-0.1, -0.05) is 45.9 Å². The number of para-hydroxylation sites is 1. The van der Waals surface area contributed by atoms with Crippen LogP contribution in [0.1, 0.15) is 50.7 Å². The summed E-state index contributed by atoms with van der Waals surface area (Å²) in [6.45, 7) is 7.55. The molecule has 0 aromatic heterocycles. The van der Waals surface area contributed by atoms with E-state index >= 15 is 0 Å². The molecule has 0 unspecified atom stereocenters. The van der Waals surface area contributed by atoms with Gasteiger partial charge in [0, 0.05) is 0 Å². The molecule has 2 N–H and O–H groups in total. The number of nitrogens with one attached hydrogen (secondary N) is 1. The van der Waals surface area contributed by atoms with Gasteiger partial charge in [0.05, 0.1) is 0 Å². The molecule has 0 aliphatic rings. The van der Waals surface area contributed by atoms with Gasteiger partial charge in [-0.3, -0.25) is 4.79 Å². The monoisotopic (exact) mass is 343 g/mol. The van der Waals surface area contributed by atoms with Gasteiger partial charge in [-0.2, -0.15) is 0 Å². The van der Waals surface area contributed by atoms with Crippen LogP contribution in [0, 0.1) is 0 Å². The standard InChI is InChI=1S/C16H22ClNO5/c1-9(2)11-6-5-7-12(10(3)4)14(11)23-16(21)22-8-13(18-17)15(19)20/h5-7,9-10,13,18H,8H2,1-4H3,(H,19,20)/t13-/m0/s1. The lowest BCUT2D eigenvalue weighted by Gasteiger charge is -2.19. The van der Waals surface area contributed by atoms with Gasteiger partial charge in [0.1, 0.15) is 12.4 Å². The zero-order valence-corrected chi connectivity index (χ0v) is 14.4. The van der Waals surface area contributed by atoms with E-state index in [-0.39, 0.29) is 11.8 Å². The van der Waals surface area contributed by atoms with Crippen LogP contribution in [-0.2, 0) is 9.53 Å². The summed E-state index contributed by atoms with van der Waals surface area (Å²) in [7, 11) is 0. The van der Waals surface area contributed by atoms with Crippen molar-refractivity contribution in [3.63, 3.8) is 0 Å². The third-order valence-corrected chi connectivity index (χ3v) is 3.57. The fraction of sp³-hybridized carbons (Fsp3) is 0.500. The molecule has 0 aliphatic heterocycles. The molecule has 7 heteroatoms. The smallest absolute Gasteiger partial charge is 0.480 e. The second-order valence-electron chi connectivity index (χ2n) is 5.74. The molecular weight excluding hydrogens is 322 g/mol. The van der Waals surface area contributed by atoms with Gasteiger partial charge < -0.3 is 14.6 Å². The lowest BCUT2D eigenvalue weighted by Crippen LogP contribution is -2.36. The Morgan fingerprint density at radius 1 is 1.17 bits per heavy atom. The van der Waals surface area contributed by atoms with Crippen molar-refractivity contribution in [2.45, 2.75) is 45.6 Å². The summed E-state index contributed by atoms with van der Waals surface area (Å²) in [4.78, 5) is 24.7. The third-order valence-electron chi connectivity index (χ3n) is 3.30. The highest BCUT2D eigenvalue weighted by molar-refractivity contribution is 6.14. The van der Waals surface area contributed by atoms with Gasteiger partial charge in [-0.15, -0.1) is 0 Å². The predicted octanol–water partition coefficient (Wildman–Crippen LogP) is 3.65. The Bertz CT molecular complexity index is 533. The highest BCUT2D eigenvalue weighted by Crippen LogP contribution is 2.34. The molecule has 0 spiro atoms. The summed E-state index contributed by atoms with van der Waals surface area (Å²) in [5.74, 6) is -0.438. The van der Waals surface area contributed by atoms with Crippen LogP contribution >= 0.6 is 11.8 Å². The van der Waals surface area contributed by atoms with Gasteiger partial charge in [-0.05, 0) is 34.7 Å². The van der Waals surface area contributed by atoms with Crippen molar-refractivity contribution in [1.82, 2.24) is 4.84 Å². The molecule has 1 atom stereocenters. The number of carboxylic acid groups (broad SMARTS) is 1. The minimum Gasteiger partial charge on any atom is -0.480 e. The molecule has 1 rings (SSSR count). The topological polar surface area (TPSA) is 84.9 Å². The third kappa shape index (κ3) is 5.41. The van der Waals surface area contributed by atoms with Crippen LogP contribution in [0.3, 0.4) is 0 Å². The van der Waals surface area contributed by atoms with Gasteiger partial charge in [0.25, 0.3) is 0 Å². The number of benzene rings is 1. The average molecular weight is 344 g/mol. The molecule has 6 nitrogen and oxygen atoms in total. The summed E-state index contributed by atoms with van der Waals surface area (Å²) in [5, 5.41) is 8.83. The van der Waals surface area contributed by atoms with Crippen molar-refractivity contribution in [1.29, 1.82) is 0 Å². The van der Waals surface area contributed by atoms with Crippen LogP contribution in [0.15, 0.2) is 18.2 Å². The second-order valence-corrected chi connectivity index (χ2v) is 5.96. The largest absolute Gasteiger partial charge is 0.513 e. The van der Waals surface area contributed by atoms with E-state index in [0.29, 0.717) is 5.75 Å². The fourth-order valence-corrected chi connectivity index (χ4v) is 2.17. The Kier molecular flexibility index (Phi) is 7.32. The van der Waals surface area contributed by atoms with Gasteiger partial charge in [0.15, 0.2) is 6.04 Å². The van der Waals surface area contributed by atoms with Crippen LogP contribution in [0.4, 0.5) is 4.79 Å². The van der Waals surface area contributed by atoms with E-state index in [1.165, 1.54) is 0 Å². The molecule has 1 aromatic rings. The molecule has 0 saturated carbocycles. The quantitative estimate of drug-likeness (QED) is 0.446. The lowest BCUT2D eigenvalue weighted by molar-refractivity contribution is -0.139. The van der Waals surface area contributed by atoms with Crippen molar-refractivity contribution in [2.75, 3.05) is 6.61 Å². The summed E-state index contributed by atoms with van der Waals surface area (Å²) in [5.41, 5.74) is 1.77. The second kappa shape index (κ2) is 8.74. The number of carboxylic acids is 1. The van der Waals surface area contributed by atoms with Crippen molar-refractivity contribution >= 4 is 23.9 Å². The highest BCUT2D eigenvalue weighted by Gasteiger charge is 2.22. The molecule has 1 aromatic carbocycles. The molecule has 0 saturated heterocycles. The summed E-state index contributed by atoms with van der Waals surface area (Å²) >= 11 is 5.28. The first-order valence-corrected chi connectivity index (χ1v) is 7.72. The maximum absolute atomic E-state index is 11.9. The lowest BCUT2D eigenvalue weighted by atomic mass is 9.94. The van der Waals surface area contributed by atoms with Gasteiger partial charge in [-0.25, -0.2) is 9.63 Å². The van der Waals surface area contributed by atoms with E-state index in [1.54, 1.807) is 0 Å². The number of hydrogen-bond acceptors (Lipinski definition) is 5. The van der Waals surface area contributed by atoms with Crippen molar-refractivity contribution < 1.29 is 24.2 Å². The Morgan fingerprint density at radius 2 is 1.70 bits per heavy atom. The number of rotatable bonds is 7. The molecule has 0 fully saturated rings. The molecule has 0 radical (unpaired) electrons. The van der Waals surface area contributed by atoms with Gasteiger partial charge in [0.2, 0.25) is 0 Å². The Labute approximate surface area is 140 Å². The van der Waals surface area contributed by atoms with Crippen LogP contribution in [0.5, 0.6) is 5.75 Å². The summed E-state index contributed by atoms with van der Waals surface area (Å²) in [6, 6.07) is 4.49. The average Bonchev–Trinajstić information content (AvgIpc) is 2.47. The molecule has 0 heterocycles. The molecule has 128 valence electrons. The van der Waals surface area contributed by atoms with E-state index in [9.17, 15) is 9.59 Å². The fourth-order valence-electron chi connectivity index (χ4n) is 2.01. The minimum atomic E-state index is -1.22. The summed E-state index contributed by atoms with van der Waals surface area (Å²) < 4.78 is 10.2. The number of ether oxygens (including phenoxy) is 2. The van der Waals surface area contributed by atoms with Crippen LogP contribution < -0.4 is 9.57 Å². The first-order chi connectivity index (χ1) is 10.8.